The van der Waals surface area contributed by atoms with Gasteiger partial charge in [-0.05, 0) is 36.7 Å². The van der Waals surface area contributed by atoms with Crippen LogP contribution in [-0.2, 0) is 21.2 Å². The summed E-state index contributed by atoms with van der Waals surface area (Å²) in [6, 6.07) is 7.66. The Morgan fingerprint density at radius 1 is 1.18 bits per heavy atom. The minimum atomic E-state index is -3.22. The Labute approximate surface area is 168 Å². The third kappa shape index (κ3) is 7.72. The molecular weight excluding hydrogens is 376 g/mol. The van der Waals surface area contributed by atoms with Crippen molar-refractivity contribution in [3.05, 3.63) is 35.4 Å². The second-order valence-electron chi connectivity index (χ2n) is 8.19. The molecule has 1 unspecified atom stereocenters. The number of ketones is 1. The summed E-state index contributed by atoms with van der Waals surface area (Å²) < 4.78 is 25.0. The fourth-order valence-corrected chi connectivity index (χ4v) is 4.09. The van der Waals surface area contributed by atoms with Crippen LogP contribution in [0.1, 0.15) is 55.5 Å². The summed E-state index contributed by atoms with van der Waals surface area (Å²) in [4.78, 5) is 26.6. The van der Waals surface area contributed by atoms with Crippen molar-refractivity contribution in [2.24, 2.45) is 11.8 Å². The predicted molar refractivity (Wildman–Crippen MR) is 111 cm³/mol. The van der Waals surface area contributed by atoms with Crippen molar-refractivity contribution in [2.45, 2.75) is 46.0 Å². The molecule has 6 nitrogen and oxygen atoms in total. The molecule has 28 heavy (non-hydrogen) atoms. The van der Waals surface area contributed by atoms with Gasteiger partial charge >= 0.3 is 0 Å². The monoisotopic (exact) mass is 408 g/mol. The SMILES string of the molecule is CC(C)Cc1ccc(C(=O)CCC(=O)N2CCCC(CNS(C)(=O)=O)C2)cc1. The molecule has 0 radical (unpaired) electrons. The fourth-order valence-electron chi connectivity index (χ4n) is 3.55. The van der Waals surface area contributed by atoms with Gasteiger partial charge in [0.25, 0.3) is 0 Å². The molecule has 1 saturated heterocycles. The number of carbonyl (C=O) groups excluding carboxylic acids is 2. The topological polar surface area (TPSA) is 83.6 Å². The highest BCUT2D eigenvalue weighted by molar-refractivity contribution is 7.88. The molecule has 1 fully saturated rings. The molecule has 2 rings (SSSR count). The molecule has 0 saturated carbocycles. The van der Waals surface area contributed by atoms with Crippen molar-refractivity contribution >= 4 is 21.7 Å². The Morgan fingerprint density at radius 2 is 1.86 bits per heavy atom. The summed E-state index contributed by atoms with van der Waals surface area (Å²) in [7, 11) is -3.22. The minimum Gasteiger partial charge on any atom is -0.342 e. The smallest absolute Gasteiger partial charge is 0.223 e. The molecule has 1 aromatic rings. The lowest BCUT2D eigenvalue weighted by Gasteiger charge is -2.32. The molecule has 1 amide bonds. The molecule has 0 spiro atoms. The largest absolute Gasteiger partial charge is 0.342 e. The Bertz CT molecular complexity index is 772. The maximum Gasteiger partial charge on any atom is 0.223 e. The van der Waals surface area contributed by atoms with Gasteiger partial charge in [0.15, 0.2) is 5.78 Å². The number of amides is 1. The van der Waals surface area contributed by atoms with Gasteiger partial charge in [-0.1, -0.05) is 38.1 Å². The number of likely N-dealkylation sites (tertiary alicyclic amines) is 1. The summed E-state index contributed by atoms with van der Waals surface area (Å²) in [5.74, 6) is 0.641. The van der Waals surface area contributed by atoms with Gasteiger partial charge in [0, 0.05) is 38.0 Å². The molecule has 0 bridgehead atoms. The first-order valence-corrected chi connectivity index (χ1v) is 11.9. The molecular formula is C21H32N2O4S. The zero-order valence-electron chi connectivity index (χ0n) is 17.1. The zero-order chi connectivity index (χ0) is 20.7. The first kappa shape index (κ1) is 22.6. The molecule has 1 aliphatic heterocycles. The Hall–Kier alpha value is -1.73. The average molecular weight is 409 g/mol. The second kappa shape index (κ2) is 10.2. The molecule has 1 aromatic carbocycles. The quantitative estimate of drug-likeness (QED) is 0.637. The van der Waals surface area contributed by atoms with Gasteiger partial charge in [-0.15, -0.1) is 0 Å². The van der Waals surface area contributed by atoms with Gasteiger partial charge < -0.3 is 4.90 Å². The highest BCUT2D eigenvalue weighted by atomic mass is 32.2. The Balaban J connectivity index is 1.81. The van der Waals surface area contributed by atoms with Crippen LogP contribution in [0.4, 0.5) is 0 Å². The van der Waals surface area contributed by atoms with Gasteiger partial charge in [-0.2, -0.15) is 0 Å². The van der Waals surface area contributed by atoms with Gasteiger partial charge in [-0.25, -0.2) is 13.1 Å². The van der Waals surface area contributed by atoms with Gasteiger partial charge in [0.2, 0.25) is 15.9 Å². The number of hydrogen-bond donors (Lipinski definition) is 1. The normalized spacial score (nSPS) is 17.7. The van der Waals surface area contributed by atoms with E-state index in [0.29, 0.717) is 31.1 Å². The maximum atomic E-state index is 12.5. The van der Waals surface area contributed by atoms with Crippen LogP contribution in [0.15, 0.2) is 24.3 Å². The standard InChI is InChI=1S/C21H32N2O4S/c1-16(2)13-17-6-8-19(9-7-17)20(24)10-11-21(25)23-12-4-5-18(15-23)14-22-28(3,26)27/h6-9,16,18,22H,4-5,10-15H2,1-3H3. The molecule has 1 heterocycles. The van der Waals surface area contributed by atoms with Gasteiger partial charge in [-0.3, -0.25) is 9.59 Å². The van der Waals surface area contributed by atoms with E-state index >= 15 is 0 Å². The maximum absolute atomic E-state index is 12.5. The third-order valence-corrected chi connectivity index (χ3v) is 5.68. The molecule has 1 aliphatic rings. The van der Waals surface area contributed by atoms with Crippen molar-refractivity contribution in [3.8, 4) is 0 Å². The molecule has 156 valence electrons. The van der Waals surface area contributed by atoms with E-state index in [2.05, 4.69) is 18.6 Å². The van der Waals surface area contributed by atoms with E-state index in [1.54, 1.807) is 4.90 Å². The number of sulfonamides is 1. The number of carbonyl (C=O) groups is 2. The predicted octanol–water partition coefficient (Wildman–Crippen LogP) is 2.64. The number of benzene rings is 1. The first-order valence-electron chi connectivity index (χ1n) is 9.98. The fraction of sp³-hybridized carbons (Fsp3) is 0.619. The average Bonchev–Trinajstić information content (AvgIpc) is 2.64. The second-order valence-corrected chi connectivity index (χ2v) is 10.0. The summed E-state index contributed by atoms with van der Waals surface area (Å²) in [5.41, 5.74) is 1.86. The lowest BCUT2D eigenvalue weighted by molar-refractivity contribution is -0.132. The summed E-state index contributed by atoms with van der Waals surface area (Å²) in [5, 5.41) is 0. The summed E-state index contributed by atoms with van der Waals surface area (Å²) in [6.07, 6.45) is 4.27. The van der Waals surface area contributed by atoms with E-state index < -0.39 is 10.0 Å². The van der Waals surface area contributed by atoms with Crippen LogP contribution in [0.5, 0.6) is 0 Å². The number of piperidine rings is 1. The number of rotatable bonds is 9. The van der Waals surface area contributed by atoms with E-state index in [-0.39, 0.29) is 30.4 Å². The van der Waals surface area contributed by atoms with E-state index in [9.17, 15) is 18.0 Å². The minimum absolute atomic E-state index is 0.0169. The van der Waals surface area contributed by atoms with Crippen molar-refractivity contribution in [1.82, 2.24) is 9.62 Å². The van der Waals surface area contributed by atoms with Crippen molar-refractivity contribution in [3.63, 3.8) is 0 Å². The number of Topliss-reactive ketones (excluding diaryl/α,β-unsaturated/α-hetero) is 1. The van der Waals surface area contributed by atoms with E-state index in [1.807, 2.05) is 24.3 Å². The van der Waals surface area contributed by atoms with Crippen LogP contribution in [-0.4, -0.2) is 50.9 Å². The van der Waals surface area contributed by atoms with E-state index in [4.69, 9.17) is 0 Å². The first-order chi connectivity index (χ1) is 13.1. The van der Waals surface area contributed by atoms with E-state index in [0.717, 1.165) is 25.5 Å². The summed E-state index contributed by atoms with van der Waals surface area (Å²) >= 11 is 0. The lowest BCUT2D eigenvalue weighted by atomic mass is 9.97. The highest BCUT2D eigenvalue weighted by Gasteiger charge is 2.24. The van der Waals surface area contributed by atoms with Crippen molar-refractivity contribution in [2.75, 3.05) is 25.9 Å². The van der Waals surface area contributed by atoms with Crippen molar-refractivity contribution in [1.29, 1.82) is 0 Å². The molecule has 0 aliphatic carbocycles. The van der Waals surface area contributed by atoms with Crippen LogP contribution in [0.25, 0.3) is 0 Å². The van der Waals surface area contributed by atoms with Crippen LogP contribution in [0.3, 0.4) is 0 Å². The van der Waals surface area contributed by atoms with E-state index in [1.165, 1.54) is 5.56 Å². The Morgan fingerprint density at radius 3 is 2.46 bits per heavy atom. The number of hydrogen-bond acceptors (Lipinski definition) is 4. The van der Waals surface area contributed by atoms with Gasteiger partial charge in [0.1, 0.15) is 0 Å². The van der Waals surface area contributed by atoms with Crippen LogP contribution in [0, 0.1) is 11.8 Å². The molecule has 0 aromatic heterocycles. The molecule has 1 atom stereocenters. The van der Waals surface area contributed by atoms with Gasteiger partial charge in [0.05, 0.1) is 6.26 Å². The molecule has 7 heteroatoms. The lowest BCUT2D eigenvalue weighted by Crippen LogP contribution is -2.43. The van der Waals surface area contributed by atoms with Crippen LogP contribution < -0.4 is 4.72 Å². The van der Waals surface area contributed by atoms with Crippen LogP contribution in [0.2, 0.25) is 0 Å². The van der Waals surface area contributed by atoms with Crippen molar-refractivity contribution < 1.29 is 18.0 Å². The Kier molecular flexibility index (Phi) is 8.19. The zero-order valence-corrected chi connectivity index (χ0v) is 17.9. The number of nitrogens with zero attached hydrogens (tertiary/aromatic N) is 1. The highest BCUT2D eigenvalue weighted by Crippen LogP contribution is 2.18. The third-order valence-electron chi connectivity index (χ3n) is 4.99. The summed E-state index contributed by atoms with van der Waals surface area (Å²) in [6.45, 7) is 5.89. The van der Waals surface area contributed by atoms with Crippen LogP contribution >= 0.6 is 0 Å². The number of nitrogens with one attached hydrogen (secondary N) is 1. The molecule has 1 N–H and O–H groups in total.